The molecule has 0 spiro atoms. The van der Waals surface area contributed by atoms with Crippen molar-refractivity contribution in [1.29, 1.82) is 0 Å². The first-order chi connectivity index (χ1) is 12.0. The lowest BCUT2D eigenvalue weighted by molar-refractivity contribution is 0.1000. The van der Waals surface area contributed by atoms with Crippen molar-refractivity contribution in [2.75, 3.05) is 12.4 Å². The predicted octanol–water partition coefficient (Wildman–Crippen LogP) is 3.62. The van der Waals surface area contributed by atoms with Crippen LogP contribution in [0.15, 0.2) is 24.3 Å². The molecule has 0 radical (unpaired) electrons. The molecule has 0 saturated carbocycles. The van der Waals surface area contributed by atoms with E-state index in [2.05, 4.69) is 12.2 Å². The second-order valence-corrected chi connectivity index (χ2v) is 7.38. The molecule has 1 aromatic heterocycles. The number of hydrogen-bond donors (Lipinski definition) is 2. The molecule has 0 aliphatic heterocycles. The third kappa shape index (κ3) is 3.54. The normalized spacial score (nSPS) is 16.2. The monoisotopic (exact) mass is 358 g/mol. The summed E-state index contributed by atoms with van der Waals surface area (Å²) in [5, 5.41) is 3.43. The van der Waals surface area contributed by atoms with Crippen molar-refractivity contribution in [2.24, 2.45) is 11.7 Å². The highest BCUT2D eigenvalue weighted by Crippen LogP contribution is 2.40. The molecule has 25 heavy (non-hydrogen) atoms. The Bertz CT molecular complexity index is 813. The fourth-order valence-electron chi connectivity index (χ4n) is 3.29. The zero-order chi connectivity index (χ0) is 18.0. The minimum absolute atomic E-state index is 0.271. The molecule has 6 heteroatoms. The number of carbonyl (C=O) groups is 2. The van der Waals surface area contributed by atoms with Gasteiger partial charge >= 0.3 is 0 Å². The van der Waals surface area contributed by atoms with Gasteiger partial charge in [-0.05, 0) is 48.9 Å². The van der Waals surface area contributed by atoms with E-state index < -0.39 is 5.91 Å². The Labute approximate surface area is 151 Å². The average Bonchev–Trinajstić information content (AvgIpc) is 2.98. The van der Waals surface area contributed by atoms with Crippen molar-refractivity contribution in [3.05, 3.63) is 45.8 Å². The minimum Gasteiger partial charge on any atom is -0.497 e. The molecule has 5 nitrogen and oxygen atoms in total. The third-order valence-electron chi connectivity index (χ3n) is 4.75. The summed E-state index contributed by atoms with van der Waals surface area (Å²) < 4.78 is 5.16. The van der Waals surface area contributed by atoms with Gasteiger partial charge in [0.05, 0.1) is 12.7 Å². The van der Waals surface area contributed by atoms with E-state index in [9.17, 15) is 9.59 Å². The van der Waals surface area contributed by atoms with Crippen LogP contribution in [0, 0.1) is 5.92 Å². The zero-order valence-corrected chi connectivity index (χ0v) is 15.2. The first-order valence-electron chi connectivity index (χ1n) is 8.43. The third-order valence-corrected chi connectivity index (χ3v) is 5.92. The second kappa shape index (κ2) is 7.27. The van der Waals surface area contributed by atoms with Crippen LogP contribution in [0.2, 0.25) is 0 Å². The van der Waals surface area contributed by atoms with E-state index in [4.69, 9.17) is 10.5 Å². The van der Waals surface area contributed by atoms with E-state index >= 15 is 0 Å². The van der Waals surface area contributed by atoms with Crippen molar-refractivity contribution < 1.29 is 14.3 Å². The first kappa shape index (κ1) is 17.5. The summed E-state index contributed by atoms with van der Waals surface area (Å²) in [5.74, 6) is 0.494. The number of fused-ring (bicyclic) bond motifs is 1. The van der Waals surface area contributed by atoms with Gasteiger partial charge in [0.1, 0.15) is 10.8 Å². The number of nitrogens with one attached hydrogen (secondary N) is 1. The highest BCUT2D eigenvalue weighted by molar-refractivity contribution is 7.17. The second-order valence-electron chi connectivity index (χ2n) is 6.28. The van der Waals surface area contributed by atoms with Gasteiger partial charge in [0.15, 0.2) is 0 Å². The molecular weight excluding hydrogens is 336 g/mol. The topological polar surface area (TPSA) is 81.4 Å². The number of amides is 2. The van der Waals surface area contributed by atoms with Crippen LogP contribution >= 0.6 is 11.3 Å². The van der Waals surface area contributed by atoms with Gasteiger partial charge in [-0.15, -0.1) is 11.3 Å². The number of carbonyl (C=O) groups excluding carboxylic acids is 2. The number of methoxy groups -OCH3 is 1. The molecule has 3 rings (SSSR count). The highest BCUT2D eigenvalue weighted by atomic mass is 32.1. The lowest BCUT2D eigenvalue weighted by Crippen LogP contribution is -2.19. The van der Waals surface area contributed by atoms with Crippen LogP contribution in [0.3, 0.4) is 0 Å². The summed E-state index contributed by atoms with van der Waals surface area (Å²) in [7, 11) is 1.56. The number of anilines is 1. The van der Waals surface area contributed by atoms with Crippen LogP contribution in [0.4, 0.5) is 5.00 Å². The Kier molecular flexibility index (Phi) is 5.08. The standard InChI is InChI=1S/C19H22N2O3S/c1-3-11-7-8-14-15(9-11)25-19(16(14)17(20)22)21-18(23)12-5-4-6-13(10-12)24-2/h4-6,10-11H,3,7-9H2,1-2H3,(H2,20,22)(H,21,23)/t11-/m0/s1. The minimum atomic E-state index is -0.478. The van der Waals surface area contributed by atoms with E-state index in [1.165, 1.54) is 16.2 Å². The first-order valence-corrected chi connectivity index (χ1v) is 9.24. The van der Waals surface area contributed by atoms with Crippen LogP contribution in [-0.4, -0.2) is 18.9 Å². The average molecular weight is 358 g/mol. The van der Waals surface area contributed by atoms with Gasteiger partial charge in [0, 0.05) is 10.4 Å². The maximum Gasteiger partial charge on any atom is 0.256 e. The van der Waals surface area contributed by atoms with E-state index in [-0.39, 0.29) is 5.91 Å². The van der Waals surface area contributed by atoms with E-state index in [0.717, 1.165) is 31.2 Å². The lowest BCUT2D eigenvalue weighted by Gasteiger charge is -2.20. The van der Waals surface area contributed by atoms with E-state index in [0.29, 0.717) is 27.8 Å². The van der Waals surface area contributed by atoms with Crippen molar-refractivity contribution >= 4 is 28.2 Å². The summed E-state index contributed by atoms with van der Waals surface area (Å²) in [6.45, 7) is 2.18. The summed E-state index contributed by atoms with van der Waals surface area (Å²) in [6, 6.07) is 6.91. The zero-order valence-electron chi connectivity index (χ0n) is 14.4. The quantitative estimate of drug-likeness (QED) is 0.856. The highest BCUT2D eigenvalue weighted by Gasteiger charge is 2.28. The maximum atomic E-state index is 12.6. The van der Waals surface area contributed by atoms with Crippen molar-refractivity contribution in [3.63, 3.8) is 0 Å². The van der Waals surface area contributed by atoms with Gasteiger partial charge < -0.3 is 15.8 Å². The molecule has 1 aromatic carbocycles. The van der Waals surface area contributed by atoms with Crippen molar-refractivity contribution in [1.82, 2.24) is 0 Å². The molecule has 1 aliphatic rings. The molecule has 0 bridgehead atoms. The molecule has 2 amide bonds. The molecule has 3 N–H and O–H groups in total. The maximum absolute atomic E-state index is 12.6. The van der Waals surface area contributed by atoms with Crippen molar-refractivity contribution in [2.45, 2.75) is 32.6 Å². The Morgan fingerprint density at radius 3 is 2.88 bits per heavy atom. The number of ether oxygens (including phenoxy) is 1. The fraction of sp³-hybridized carbons (Fsp3) is 0.368. The Balaban J connectivity index is 1.90. The molecule has 0 unspecified atom stereocenters. The number of rotatable bonds is 5. The number of primary amides is 1. The van der Waals surface area contributed by atoms with Gasteiger partial charge in [-0.25, -0.2) is 0 Å². The number of benzene rings is 1. The van der Waals surface area contributed by atoms with Crippen LogP contribution in [-0.2, 0) is 12.8 Å². The largest absolute Gasteiger partial charge is 0.497 e. The molecule has 0 saturated heterocycles. The van der Waals surface area contributed by atoms with Gasteiger partial charge in [0.2, 0.25) is 0 Å². The van der Waals surface area contributed by atoms with Crippen LogP contribution in [0.1, 0.15) is 50.9 Å². The summed E-state index contributed by atoms with van der Waals surface area (Å²) >= 11 is 1.48. The number of hydrogen-bond acceptors (Lipinski definition) is 4. The molecule has 1 atom stereocenters. The van der Waals surface area contributed by atoms with Gasteiger partial charge in [-0.3, -0.25) is 9.59 Å². The Morgan fingerprint density at radius 2 is 2.20 bits per heavy atom. The number of nitrogens with two attached hydrogens (primary N) is 1. The van der Waals surface area contributed by atoms with Crippen LogP contribution < -0.4 is 15.8 Å². The Morgan fingerprint density at radius 1 is 1.40 bits per heavy atom. The van der Waals surface area contributed by atoms with Crippen molar-refractivity contribution in [3.8, 4) is 5.75 Å². The van der Waals surface area contributed by atoms with E-state index in [1.807, 2.05) is 0 Å². The van der Waals surface area contributed by atoms with Crippen LogP contribution in [0.5, 0.6) is 5.75 Å². The van der Waals surface area contributed by atoms with Gasteiger partial charge in [-0.1, -0.05) is 19.4 Å². The molecule has 1 heterocycles. The Hall–Kier alpha value is -2.34. The fourth-order valence-corrected chi connectivity index (χ4v) is 4.65. The summed E-state index contributed by atoms with van der Waals surface area (Å²) in [6.07, 6.45) is 3.97. The van der Waals surface area contributed by atoms with Gasteiger partial charge in [0.25, 0.3) is 11.8 Å². The molecule has 0 fully saturated rings. The molecule has 2 aromatic rings. The summed E-state index contributed by atoms with van der Waals surface area (Å²) in [5.41, 5.74) is 7.58. The SMILES string of the molecule is CC[C@H]1CCc2c(sc(NC(=O)c3cccc(OC)c3)c2C(N)=O)C1. The van der Waals surface area contributed by atoms with Crippen LogP contribution in [0.25, 0.3) is 0 Å². The predicted molar refractivity (Wildman–Crippen MR) is 99.6 cm³/mol. The molecule has 132 valence electrons. The smallest absolute Gasteiger partial charge is 0.256 e. The van der Waals surface area contributed by atoms with E-state index in [1.54, 1.807) is 31.4 Å². The number of thiophene rings is 1. The molecule has 1 aliphatic carbocycles. The lowest BCUT2D eigenvalue weighted by atomic mass is 9.85. The molecular formula is C19H22N2O3S. The van der Waals surface area contributed by atoms with Gasteiger partial charge in [-0.2, -0.15) is 0 Å². The summed E-state index contributed by atoms with van der Waals surface area (Å²) in [4.78, 5) is 25.7.